The molecule has 2 nitrogen and oxygen atoms in total. The van der Waals surface area contributed by atoms with E-state index >= 15 is 0 Å². The maximum atomic E-state index is 10.1. The molecular formula is C7H14NO. The molecule has 1 atom stereocenters. The first kappa shape index (κ1) is 8.63. The van der Waals surface area contributed by atoms with Crippen molar-refractivity contribution in [3.63, 3.8) is 0 Å². The van der Waals surface area contributed by atoms with Gasteiger partial charge in [0, 0.05) is 6.04 Å². The predicted molar refractivity (Wildman–Crippen MR) is 38.0 cm³/mol. The molecule has 0 aromatic rings. The van der Waals surface area contributed by atoms with E-state index in [1.807, 2.05) is 27.1 Å². The molecule has 0 aliphatic carbocycles. The van der Waals surface area contributed by atoms with Crippen LogP contribution in [0.15, 0.2) is 0 Å². The Labute approximate surface area is 56.6 Å². The number of hydrogen-bond donors (Lipinski definition) is 1. The Hall–Kier alpha value is -0.370. The summed E-state index contributed by atoms with van der Waals surface area (Å²) in [5.41, 5.74) is 0. The van der Waals surface area contributed by atoms with Crippen LogP contribution in [-0.2, 0) is 4.79 Å². The van der Waals surface area contributed by atoms with Crippen molar-refractivity contribution < 1.29 is 4.79 Å². The summed E-state index contributed by atoms with van der Waals surface area (Å²) in [6.45, 7) is 5.99. The van der Waals surface area contributed by atoms with Gasteiger partial charge >= 0.3 is 0 Å². The molecule has 1 radical (unpaired) electrons. The summed E-state index contributed by atoms with van der Waals surface area (Å²) in [6, 6.07) is 0.293. The zero-order valence-corrected chi connectivity index (χ0v) is 6.27. The highest BCUT2D eigenvalue weighted by atomic mass is 16.1. The van der Waals surface area contributed by atoms with E-state index in [0.717, 1.165) is 6.42 Å². The Morgan fingerprint density at radius 3 is 2.22 bits per heavy atom. The molecule has 53 valence electrons. The zero-order valence-electron chi connectivity index (χ0n) is 6.27. The normalized spacial score (nSPS) is 13.8. The first-order valence-electron chi connectivity index (χ1n) is 3.34. The molecule has 0 fully saturated rings. The molecule has 0 aromatic heterocycles. The van der Waals surface area contributed by atoms with Crippen LogP contribution in [0, 0.1) is 0 Å². The van der Waals surface area contributed by atoms with Crippen LogP contribution in [0.25, 0.3) is 0 Å². The molecule has 1 N–H and O–H groups in total. The van der Waals surface area contributed by atoms with Gasteiger partial charge in [0.1, 0.15) is 0 Å². The summed E-state index contributed by atoms with van der Waals surface area (Å²) >= 11 is 0. The van der Waals surface area contributed by atoms with Crippen molar-refractivity contribution in [3.05, 3.63) is 0 Å². The van der Waals surface area contributed by atoms with Crippen LogP contribution in [0.3, 0.4) is 0 Å². The predicted octanol–water partition coefficient (Wildman–Crippen LogP) is 0.873. The van der Waals surface area contributed by atoms with E-state index in [0.29, 0.717) is 6.04 Å². The van der Waals surface area contributed by atoms with Crippen LogP contribution in [-0.4, -0.2) is 18.4 Å². The van der Waals surface area contributed by atoms with Crippen LogP contribution in [0.4, 0.5) is 0 Å². The topological polar surface area (TPSA) is 29.1 Å². The monoisotopic (exact) mass is 128 g/mol. The van der Waals surface area contributed by atoms with E-state index in [4.69, 9.17) is 0 Å². The molecule has 2 heteroatoms. The van der Waals surface area contributed by atoms with Crippen molar-refractivity contribution in [2.45, 2.75) is 39.3 Å². The van der Waals surface area contributed by atoms with Crippen LogP contribution < -0.4 is 5.32 Å². The molecule has 0 aliphatic heterocycles. The van der Waals surface area contributed by atoms with E-state index in [1.165, 1.54) is 0 Å². The molecule has 0 heterocycles. The highest BCUT2D eigenvalue weighted by molar-refractivity contribution is 5.58. The number of rotatable bonds is 4. The molecule has 0 aliphatic rings. The molecule has 0 bridgehead atoms. The molecule has 0 aromatic carbocycles. The summed E-state index contributed by atoms with van der Waals surface area (Å²) in [5, 5.41) is 3.06. The Morgan fingerprint density at radius 1 is 1.56 bits per heavy atom. The van der Waals surface area contributed by atoms with Gasteiger partial charge in [-0.3, -0.25) is 4.79 Å². The van der Waals surface area contributed by atoms with Gasteiger partial charge in [-0.05, 0) is 6.42 Å². The van der Waals surface area contributed by atoms with Gasteiger partial charge in [0.2, 0.25) is 6.29 Å². The van der Waals surface area contributed by atoms with E-state index in [-0.39, 0.29) is 6.04 Å². The minimum atomic E-state index is -0.0787. The van der Waals surface area contributed by atoms with Crippen molar-refractivity contribution >= 4 is 6.29 Å². The minimum Gasteiger partial charge on any atom is -0.305 e. The first-order chi connectivity index (χ1) is 4.20. The largest absolute Gasteiger partial charge is 0.305 e. The summed E-state index contributed by atoms with van der Waals surface area (Å²) in [6.07, 6.45) is 2.74. The van der Waals surface area contributed by atoms with Crippen LogP contribution in [0.2, 0.25) is 0 Å². The highest BCUT2D eigenvalue weighted by Crippen LogP contribution is 1.87. The second kappa shape index (κ2) is 4.50. The fourth-order valence-electron chi connectivity index (χ4n) is 0.638. The Morgan fingerprint density at radius 2 is 2.11 bits per heavy atom. The minimum absolute atomic E-state index is 0.0787. The van der Waals surface area contributed by atoms with Gasteiger partial charge in [-0.2, -0.15) is 0 Å². The second-order valence-corrected chi connectivity index (χ2v) is 2.40. The van der Waals surface area contributed by atoms with Gasteiger partial charge in [0.25, 0.3) is 0 Å². The summed E-state index contributed by atoms with van der Waals surface area (Å²) in [5.74, 6) is 0. The van der Waals surface area contributed by atoms with Crippen molar-refractivity contribution in [3.8, 4) is 0 Å². The third kappa shape index (κ3) is 4.15. The van der Waals surface area contributed by atoms with Gasteiger partial charge in [0.05, 0.1) is 6.04 Å². The Balaban J connectivity index is 3.42. The lowest BCUT2D eigenvalue weighted by molar-refractivity contribution is 0.482. The summed E-state index contributed by atoms with van der Waals surface area (Å²) < 4.78 is 0. The number of nitrogens with one attached hydrogen (secondary N) is 1. The molecule has 0 rings (SSSR count). The summed E-state index contributed by atoms with van der Waals surface area (Å²) in [7, 11) is 0. The van der Waals surface area contributed by atoms with Crippen molar-refractivity contribution in [2.24, 2.45) is 0 Å². The molecule has 0 spiro atoms. The maximum Gasteiger partial charge on any atom is 0.216 e. The van der Waals surface area contributed by atoms with Gasteiger partial charge in [-0.15, -0.1) is 0 Å². The lowest BCUT2D eigenvalue weighted by atomic mass is 10.2. The number of hydrogen-bond acceptors (Lipinski definition) is 2. The average Bonchev–Trinajstić information content (AvgIpc) is 1.82. The first-order valence-corrected chi connectivity index (χ1v) is 3.34. The van der Waals surface area contributed by atoms with Gasteiger partial charge in [-0.1, -0.05) is 20.8 Å². The van der Waals surface area contributed by atoms with Crippen molar-refractivity contribution in [1.29, 1.82) is 0 Å². The standard InChI is InChI=1S/C7H14NO/c1-4-7(5-9)8-6(2)3/h6-8H,4H2,1-3H3. The fourth-order valence-corrected chi connectivity index (χ4v) is 0.638. The lowest BCUT2D eigenvalue weighted by Crippen LogP contribution is -2.35. The molecule has 1 unspecified atom stereocenters. The molecule has 0 saturated heterocycles. The zero-order chi connectivity index (χ0) is 7.28. The quantitative estimate of drug-likeness (QED) is 0.608. The third-order valence-corrected chi connectivity index (χ3v) is 1.09. The van der Waals surface area contributed by atoms with Crippen molar-refractivity contribution in [1.82, 2.24) is 5.32 Å². The van der Waals surface area contributed by atoms with Crippen LogP contribution in [0.5, 0.6) is 0 Å². The molecule has 0 amide bonds. The smallest absolute Gasteiger partial charge is 0.216 e. The van der Waals surface area contributed by atoms with E-state index in [2.05, 4.69) is 5.32 Å². The second-order valence-electron chi connectivity index (χ2n) is 2.40. The van der Waals surface area contributed by atoms with E-state index < -0.39 is 0 Å². The molecule has 9 heavy (non-hydrogen) atoms. The molecular weight excluding hydrogens is 114 g/mol. The fraction of sp³-hybridized carbons (Fsp3) is 0.857. The lowest BCUT2D eigenvalue weighted by Gasteiger charge is -2.11. The Kier molecular flexibility index (Phi) is 4.32. The van der Waals surface area contributed by atoms with Gasteiger partial charge in [-0.25, -0.2) is 0 Å². The highest BCUT2D eigenvalue weighted by Gasteiger charge is 2.04. The SMILES string of the molecule is CCC([C]=O)NC(C)C. The summed E-state index contributed by atoms with van der Waals surface area (Å²) in [4.78, 5) is 10.1. The third-order valence-electron chi connectivity index (χ3n) is 1.09. The Bertz CT molecular complexity index is 81.0. The average molecular weight is 128 g/mol. The van der Waals surface area contributed by atoms with E-state index in [9.17, 15) is 4.79 Å². The van der Waals surface area contributed by atoms with E-state index in [1.54, 1.807) is 0 Å². The van der Waals surface area contributed by atoms with Gasteiger partial charge < -0.3 is 5.32 Å². The van der Waals surface area contributed by atoms with Gasteiger partial charge in [0.15, 0.2) is 0 Å². The van der Waals surface area contributed by atoms with Crippen LogP contribution in [0.1, 0.15) is 27.2 Å². The molecule has 0 saturated carbocycles. The van der Waals surface area contributed by atoms with Crippen molar-refractivity contribution in [2.75, 3.05) is 0 Å². The number of carbonyl (C=O) groups excluding carboxylic acids is 1. The maximum absolute atomic E-state index is 10.1. The van der Waals surface area contributed by atoms with Crippen LogP contribution >= 0.6 is 0 Å².